The molecule has 1 heterocycles. The van der Waals surface area contributed by atoms with Crippen molar-refractivity contribution in [2.45, 2.75) is 30.6 Å². The van der Waals surface area contributed by atoms with E-state index in [9.17, 15) is 0 Å². The normalized spacial score (nSPS) is 16.0. The maximum Gasteiger partial charge on any atom is 0.125 e. The molecule has 0 N–H and O–H groups in total. The van der Waals surface area contributed by atoms with Crippen LogP contribution in [0.25, 0.3) is 0 Å². The first-order chi connectivity index (χ1) is 10.0. The van der Waals surface area contributed by atoms with Crippen molar-refractivity contribution in [3.63, 3.8) is 0 Å². The summed E-state index contributed by atoms with van der Waals surface area (Å²) >= 11 is 6.13. The molecule has 2 aromatic carbocycles. The number of rotatable bonds is 2. The minimum absolute atomic E-state index is 0.646. The Morgan fingerprint density at radius 3 is 1.86 bits per heavy atom. The number of hydrogen-bond donors (Lipinski definition) is 0. The Kier molecular flexibility index (Phi) is 4.54. The van der Waals surface area contributed by atoms with Crippen molar-refractivity contribution >= 4 is 50.3 Å². The lowest BCUT2D eigenvalue weighted by atomic mass is 10.2. The first kappa shape index (κ1) is 15.6. The monoisotopic (exact) mass is 352 g/mol. The molecule has 0 amide bonds. The molecular weight excluding hydrogens is 335 g/mol. The van der Waals surface area contributed by atoms with Crippen molar-refractivity contribution in [3.05, 3.63) is 47.5 Å². The molecule has 1 nitrogen and oxygen atoms in total. The first-order valence-electron chi connectivity index (χ1n) is 6.86. The Balaban J connectivity index is 2.31. The molecule has 1 aliphatic rings. The molecule has 0 unspecified atom stereocenters. The summed E-state index contributed by atoms with van der Waals surface area (Å²) in [6, 6.07) is 13.1. The zero-order valence-electron chi connectivity index (χ0n) is 12.3. The van der Waals surface area contributed by atoms with Crippen molar-refractivity contribution in [2.24, 2.45) is 0 Å². The average molecular weight is 352 g/mol. The largest absolute Gasteiger partial charge is 0.342 e. The highest BCUT2D eigenvalue weighted by atomic mass is 33.1. The number of aryl methyl sites for hydroxylation is 2. The summed E-state index contributed by atoms with van der Waals surface area (Å²) in [5.74, 6) is 0. The minimum atomic E-state index is -2.20. The van der Waals surface area contributed by atoms with E-state index in [1.165, 1.54) is 31.5 Å². The maximum atomic E-state index is 6.21. The fraction of sp³-hybridized carbons (Fsp3) is 0.250. The molecular formula is C16H17OPS3. The van der Waals surface area contributed by atoms with Gasteiger partial charge in [-0.25, -0.2) is 0 Å². The van der Waals surface area contributed by atoms with Gasteiger partial charge in [0.1, 0.15) is 6.26 Å². The van der Waals surface area contributed by atoms with E-state index in [0.29, 0.717) is 6.61 Å². The summed E-state index contributed by atoms with van der Waals surface area (Å²) in [6.45, 7) is 6.91. The third kappa shape index (κ3) is 2.85. The molecule has 0 spiro atoms. The zero-order valence-corrected chi connectivity index (χ0v) is 15.6. The van der Waals surface area contributed by atoms with Crippen LogP contribution >= 0.6 is 27.9 Å². The van der Waals surface area contributed by atoms with E-state index < -0.39 is 6.26 Å². The zero-order chi connectivity index (χ0) is 15.0. The van der Waals surface area contributed by atoms with Gasteiger partial charge in [-0.1, -0.05) is 56.7 Å². The van der Waals surface area contributed by atoms with Crippen molar-refractivity contribution in [3.8, 4) is 0 Å². The van der Waals surface area contributed by atoms with E-state index in [-0.39, 0.29) is 0 Å². The molecule has 0 saturated heterocycles. The average Bonchev–Trinajstić information content (AvgIpc) is 2.57. The predicted octanol–water partition coefficient (Wildman–Crippen LogP) is 4.80. The van der Waals surface area contributed by atoms with E-state index in [2.05, 4.69) is 50.2 Å². The van der Waals surface area contributed by atoms with Crippen LogP contribution in [-0.2, 0) is 16.3 Å². The molecule has 110 valence electrons. The van der Waals surface area contributed by atoms with Crippen LogP contribution in [0.4, 0.5) is 0 Å². The van der Waals surface area contributed by atoms with Crippen molar-refractivity contribution in [1.29, 1.82) is 0 Å². The molecule has 5 heteroatoms. The summed E-state index contributed by atoms with van der Waals surface area (Å²) in [7, 11) is 3.59. The Hall–Kier alpha value is -0.250. The van der Waals surface area contributed by atoms with E-state index in [1.807, 2.05) is 6.92 Å². The highest BCUT2D eigenvalue weighted by Crippen LogP contribution is 2.55. The summed E-state index contributed by atoms with van der Waals surface area (Å²) in [4.78, 5) is 2.49. The summed E-state index contributed by atoms with van der Waals surface area (Å²) in [6.07, 6.45) is -2.20. The van der Waals surface area contributed by atoms with Crippen LogP contribution in [0.1, 0.15) is 18.1 Å². The second kappa shape index (κ2) is 6.10. The molecule has 0 aromatic heterocycles. The summed E-state index contributed by atoms with van der Waals surface area (Å²) in [5.41, 5.74) is 2.48. The van der Waals surface area contributed by atoms with Gasteiger partial charge in [-0.05, 0) is 45.0 Å². The Morgan fingerprint density at radius 2 is 1.43 bits per heavy atom. The fourth-order valence-electron chi connectivity index (χ4n) is 2.40. The Morgan fingerprint density at radius 1 is 0.952 bits per heavy atom. The quantitative estimate of drug-likeness (QED) is 0.567. The second-order valence-electron chi connectivity index (χ2n) is 5.08. The first-order valence-corrected chi connectivity index (χ1v) is 11.7. The van der Waals surface area contributed by atoms with E-state index >= 15 is 0 Å². The molecule has 0 fully saturated rings. The maximum absolute atomic E-state index is 6.21. The van der Waals surface area contributed by atoms with Gasteiger partial charge in [-0.15, -0.1) is 0 Å². The lowest BCUT2D eigenvalue weighted by Gasteiger charge is -2.24. The minimum Gasteiger partial charge on any atom is -0.342 e. The third-order valence-corrected chi connectivity index (χ3v) is 10.3. The van der Waals surface area contributed by atoms with Gasteiger partial charge < -0.3 is 4.52 Å². The Bertz CT molecular complexity index is 685. The Labute approximate surface area is 139 Å². The van der Waals surface area contributed by atoms with Gasteiger partial charge in [0.15, 0.2) is 0 Å². The van der Waals surface area contributed by atoms with Crippen LogP contribution in [0.5, 0.6) is 0 Å². The van der Waals surface area contributed by atoms with Crippen molar-refractivity contribution in [1.82, 2.24) is 0 Å². The number of hydrogen-bond acceptors (Lipinski definition) is 4. The highest BCUT2D eigenvalue weighted by molar-refractivity contribution is 8.77. The topological polar surface area (TPSA) is 9.23 Å². The molecule has 21 heavy (non-hydrogen) atoms. The van der Waals surface area contributed by atoms with Gasteiger partial charge >= 0.3 is 0 Å². The van der Waals surface area contributed by atoms with Crippen LogP contribution < -0.4 is 10.6 Å². The SMILES string of the molecule is CCOP1(=S)c2cc(C)ccc2SSc2ccc(C)cc21. The van der Waals surface area contributed by atoms with Crippen LogP contribution in [-0.4, -0.2) is 6.61 Å². The predicted molar refractivity (Wildman–Crippen MR) is 99.3 cm³/mol. The third-order valence-electron chi connectivity index (χ3n) is 3.40. The van der Waals surface area contributed by atoms with Gasteiger partial charge in [0.25, 0.3) is 0 Å². The van der Waals surface area contributed by atoms with Gasteiger partial charge in [-0.3, -0.25) is 0 Å². The van der Waals surface area contributed by atoms with Crippen molar-refractivity contribution < 1.29 is 4.52 Å². The number of benzene rings is 2. The molecule has 0 atom stereocenters. The van der Waals surface area contributed by atoms with Gasteiger partial charge in [0, 0.05) is 27.0 Å². The molecule has 2 aromatic rings. The van der Waals surface area contributed by atoms with Gasteiger partial charge in [0.2, 0.25) is 0 Å². The van der Waals surface area contributed by atoms with Gasteiger partial charge in [-0.2, -0.15) is 0 Å². The molecule has 0 bridgehead atoms. The molecule has 0 saturated carbocycles. The molecule has 0 aliphatic carbocycles. The van der Waals surface area contributed by atoms with Crippen LogP contribution in [0.3, 0.4) is 0 Å². The second-order valence-corrected chi connectivity index (χ2v) is 11.2. The summed E-state index contributed by atoms with van der Waals surface area (Å²) < 4.78 is 6.21. The van der Waals surface area contributed by atoms with E-state index in [4.69, 9.17) is 16.3 Å². The van der Waals surface area contributed by atoms with Crippen molar-refractivity contribution in [2.75, 3.05) is 6.61 Å². The van der Waals surface area contributed by atoms with Crippen LogP contribution in [0, 0.1) is 13.8 Å². The van der Waals surface area contributed by atoms with Crippen LogP contribution in [0.2, 0.25) is 0 Å². The molecule has 3 rings (SSSR count). The molecule has 1 aliphatic heterocycles. The smallest absolute Gasteiger partial charge is 0.125 e. The lowest BCUT2D eigenvalue weighted by Crippen LogP contribution is -2.20. The van der Waals surface area contributed by atoms with E-state index in [0.717, 1.165) is 0 Å². The fourth-order valence-corrected chi connectivity index (χ4v) is 9.89. The summed E-state index contributed by atoms with van der Waals surface area (Å²) in [5, 5.41) is 2.42. The molecule has 0 radical (unpaired) electrons. The van der Waals surface area contributed by atoms with Gasteiger partial charge in [0.05, 0.1) is 0 Å². The lowest BCUT2D eigenvalue weighted by molar-refractivity contribution is 0.386. The van der Waals surface area contributed by atoms with E-state index in [1.54, 1.807) is 21.6 Å². The highest BCUT2D eigenvalue weighted by Gasteiger charge is 2.31. The standard InChI is InChI=1S/C16H17OPS3/c1-4-17-18(19)13-9-11(2)5-7-15(13)20-21-16-8-6-12(3)10-14(16)18/h5-10H,4H2,1-3H3. The number of fused-ring (bicyclic) bond motifs is 2. The van der Waals surface area contributed by atoms with Crippen LogP contribution in [0.15, 0.2) is 46.2 Å².